The molecule has 43 heavy (non-hydrogen) atoms. The number of nitrogens with one attached hydrogen (secondary N) is 2. The van der Waals surface area contributed by atoms with E-state index in [4.69, 9.17) is 9.47 Å². The maximum atomic E-state index is 13.0. The van der Waals surface area contributed by atoms with Crippen molar-refractivity contribution in [3.8, 4) is 0 Å². The number of carbonyl (C=O) groups is 4. The lowest BCUT2D eigenvalue weighted by atomic mass is 9.97. The van der Waals surface area contributed by atoms with Crippen LogP contribution in [0.4, 0.5) is 10.5 Å². The Kier molecular flexibility index (Phi) is 9.85. The average Bonchev–Trinajstić information content (AvgIpc) is 2.98. The topological polar surface area (TPSA) is 114 Å². The summed E-state index contributed by atoms with van der Waals surface area (Å²) in [5, 5.41) is 7.87. The highest BCUT2D eigenvalue weighted by atomic mass is 16.6. The van der Waals surface area contributed by atoms with E-state index in [0.717, 1.165) is 34.8 Å². The van der Waals surface area contributed by atoms with Crippen LogP contribution in [0.1, 0.15) is 66.8 Å². The van der Waals surface area contributed by atoms with Crippen molar-refractivity contribution in [2.75, 3.05) is 32.1 Å². The first kappa shape index (κ1) is 31.3. The molecular weight excluding hydrogens is 546 g/mol. The Morgan fingerprint density at radius 3 is 2.28 bits per heavy atom. The second-order valence-electron chi connectivity index (χ2n) is 11.8. The normalized spacial score (nSPS) is 14.3. The van der Waals surface area contributed by atoms with E-state index in [2.05, 4.69) is 10.6 Å². The molecule has 9 heteroatoms. The van der Waals surface area contributed by atoms with Gasteiger partial charge in [0.05, 0.1) is 18.4 Å². The van der Waals surface area contributed by atoms with Gasteiger partial charge in [0.15, 0.2) is 0 Å². The number of carbonyl (C=O) groups excluding carboxylic acids is 4. The number of rotatable bonds is 7. The maximum absolute atomic E-state index is 13.0. The van der Waals surface area contributed by atoms with E-state index in [1.54, 1.807) is 4.90 Å². The molecule has 1 saturated heterocycles. The molecule has 4 rings (SSSR count). The molecule has 0 spiro atoms. The highest BCUT2D eigenvalue weighted by molar-refractivity contribution is 6.09. The highest BCUT2D eigenvalue weighted by Gasteiger charge is 2.27. The van der Waals surface area contributed by atoms with E-state index in [1.807, 2.05) is 70.2 Å². The number of hydrogen-bond acceptors (Lipinski definition) is 6. The molecule has 0 saturated carbocycles. The summed E-state index contributed by atoms with van der Waals surface area (Å²) in [5.41, 5.74) is 1.71. The Hall–Kier alpha value is -4.66. The number of anilines is 1. The monoisotopic (exact) mass is 585 g/mol. The Labute approximate surface area is 252 Å². The second kappa shape index (κ2) is 13.5. The molecule has 1 aliphatic heterocycles. The van der Waals surface area contributed by atoms with Crippen molar-refractivity contribution in [3.05, 3.63) is 83.4 Å². The van der Waals surface area contributed by atoms with Crippen LogP contribution in [0.15, 0.2) is 66.7 Å². The third kappa shape index (κ3) is 8.44. The molecule has 2 N–H and O–H groups in total. The van der Waals surface area contributed by atoms with Gasteiger partial charge < -0.3 is 25.0 Å². The van der Waals surface area contributed by atoms with Crippen LogP contribution >= 0.6 is 0 Å². The SMILES string of the molecule is COC(=O)c1ccc(C(=O)NCC2CCN(C(=O)OC(C)(C)C)CC2)cc1NC(=O)C=C(C)c1ccc2ccccc2c1. The van der Waals surface area contributed by atoms with E-state index in [1.165, 1.54) is 31.4 Å². The minimum absolute atomic E-state index is 0.138. The van der Waals surface area contributed by atoms with Crippen LogP contribution in [0.3, 0.4) is 0 Å². The standard InChI is InChI=1S/C34H39N3O6/c1-22(25-11-10-24-8-6-7-9-26(24)19-25)18-30(38)36-29-20-27(12-13-28(29)32(40)42-5)31(39)35-21-23-14-16-37(17-15-23)33(41)43-34(2,3)4/h6-13,18-20,23H,14-17,21H2,1-5H3,(H,35,39)(H,36,38). The summed E-state index contributed by atoms with van der Waals surface area (Å²) < 4.78 is 10.3. The van der Waals surface area contributed by atoms with Crippen molar-refractivity contribution in [2.24, 2.45) is 5.92 Å². The molecule has 1 aliphatic rings. The van der Waals surface area contributed by atoms with Crippen LogP contribution in [0.25, 0.3) is 16.3 Å². The molecule has 0 atom stereocenters. The number of allylic oxidation sites excluding steroid dienone is 1. The first-order valence-corrected chi connectivity index (χ1v) is 14.4. The van der Waals surface area contributed by atoms with Gasteiger partial charge in [-0.05, 0) is 92.6 Å². The molecule has 0 aliphatic carbocycles. The Morgan fingerprint density at radius 2 is 1.60 bits per heavy atom. The van der Waals surface area contributed by atoms with Crippen LogP contribution in [-0.2, 0) is 14.3 Å². The number of ether oxygens (including phenoxy) is 2. The maximum Gasteiger partial charge on any atom is 0.410 e. The number of methoxy groups -OCH3 is 1. The van der Waals surface area contributed by atoms with Gasteiger partial charge in [0.2, 0.25) is 5.91 Å². The Bertz CT molecular complexity index is 1550. The zero-order valence-corrected chi connectivity index (χ0v) is 25.4. The zero-order chi connectivity index (χ0) is 31.1. The highest BCUT2D eigenvalue weighted by Crippen LogP contribution is 2.24. The van der Waals surface area contributed by atoms with Gasteiger partial charge in [-0.1, -0.05) is 36.4 Å². The smallest absolute Gasteiger partial charge is 0.410 e. The summed E-state index contributed by atoms with van der Waals surface area (Å²) >= 11 is 0. The van der Waals surface area contributed by atoms with E-state index in [9.17, 15) is 19.2 Å². The molecule has 0 aromatic heterocycles. The van der Waals surface area contributed by atoms with Crippen molar-refractivity contribution in [3.63, 3.8) is 0 Å². The summed E-state index contributed by atoms with van der Waals surface area (Å²) in [6, 6.07) is 18.4. The molecule has 226 valence electrons. The van der Waals surface area contributed by atoms with Crippen molar-refractivity contribution >= 4 is 45.9 Å². The fourth-order valence-corrected chi connectivity index (χ4v) is 4.95. The lowest BCUT2D eigenvalue weighted by Crippen LogP contribution is -2.43. The van der Waals surface area contributed by atoms with E-state index in [-0.39, 0.29) is 29.2 Å². The average molecular weight is 586 g/mol. The summed E-state index contributed by atoms with van der Waals surface area (Å²) in [6.45, 7) is 8.92. The number of hydrogen-bond donors (Lipinski definition) is 2. The van der Waals surface area contributed by atoms with Gasteiger partial charge >= 0.3 is 12.1 Å². The number of piperidine rings is 1. The largest absolute Gasteiger partial charge is 0.465 e. The third-order valence-electron chi connectivity index (χ3n) is 7.31. The van der Waals surface area contributed by atoms with Crippen LogP contribution in [0.5, 0.6) is 0 Å². The molecular formula is C34H39N3O6. The predicted molar refractivity (Wildman–Crippen MR) is 167 cm³/mol. The number of nitrogens with zero attached hydrogens (tertiary/aromatic N) is 1. The molecule has 3 amide bonds. The zero-order valence-electron chi connectivity index (χ0n) is 25.4. The number of likely N-dealkylation sites (tertiary alicyclic amines) is 1. The van der Waals surface area contributed by atoms with Gasteiger partial charge in [0.1, 0.15) is 5.60 Å². The fraction of sp³-hybridized carbons (Fsp3) is 0.353. The van der Waals surface area contributed by atoms with Crippen molar-refractivity contribution in [1.29, 1.82) is 0 Å². The second-order valence-corrected chi connectivity index (χ2v) is 11.8. The van der Waals surface area contributed by atoms with Gasteiger partial charge in [-0.2, -0.15) is 0 Å². The van der Waals surface area contributed by atoms with E-state index >= 15 is 0 Å². The molecule has 3 aromatic rings. The molecule has 1 fully saturated rings. The van der Waals surface area contributed by atoms with E-state index in [0.29, 0.717) is 25.2 Å². The number of esters is 1. The molecule has 0 unspecified atom stereocenters. The van der Waals surface area contributed by atoms with Gasteiger partial charge in [-0.25, -0.2) is 9.59 Å². The lowest BCUT2D eigenvalue weighted by molar-refractivity contribution is -0.111. The van der Waals surface area contributed by atoms with Gasteiger partial charge in [0, 0.05) is 31.3 Å². The van der Waals surface area contributed by atoms with Crippen LogP contribution in [0.2, 0.25) is 0 Å². The molecule has 1 heterocycles. The number of benzene rings is 3. The predicted octanol–water partition coefficient (Wildman–Crippen LogP) is 6.05. The van der Waals surface area contributed by atoms with Gasteiger partial charge in [-0.3, -0.25) is 9.59 Å². The third-order valence-corrected chi connectivity index (χ3v) is 7.31. The molecule has 0 radical (unpaired) electrons. The summed E-state index contributed by atoms with van der Waals surface area (Å²) in [6.07, 6.45) is 2.62. The Balaban J connectivity index is 1.40. The number of fused-ring (bicyclic) bond motifs is 1. The van der Waals surface area contributed by atoms with Gasteiger partial charge in [-0.15, -0.1) is 0 Å². The Morgan fingerprint density at radius 1 is 0.930 bits per heavy atom. The fourth-order valence-electron chi connectivity index (χ4n) is 4.95. The van der Waals surface area contributed by atoms with Crippen molar-refractivity contribution in [2.45, 2.75) is 46.1 Å². The molecule has 3 aromatic carbocycles. The first-order chi connectivity index (χ1) is 20.4. The molecule has 0 bridgehead atoms. The number of amides is 3. The lowest BCUT2D eigenvalue weighted by Gasteiger charge is -2.33. The van der Waals surface area contributed by atoms with Crippen LogP contribution in [0, 0.1) is 5.92 Å². The van der Waals surface area contributed by atoms with E-state index < -0.39 is 17.5 Å². The first-order valence-electron chi connectivity index (χ1n) is 14.4. The summed E-state index contributed by atoms with van der Waals surface area (Å²) in [4.78, 5) is 52.5. The van der Waals surface area contributed by atoms with Crippen LogP contribution in [-0.4, -0.2) is 61.1 Å². The summed E-state index contributed by atoms with van der Waals surface area (Å²) in [5.74, 6) is -1.19. The summed E-state index contributed by atoms with van der Waals surface area (Å²) in [7, 11) is 1.26. The van der Waals surface area contributed by atoms with Crippen LogP contribution < -0.4 is 10.6 Å². The quantitative estimate of drug-likeness (QED) is 0.258. The van der Waals surface area contributed by atoms with Gasteiger partial charge in [0.25, 0.3) is 5.91 Å². The molecule has 9 nitrogen and oxygen atoms in total. The minimum atomic E-state index is -0.630. The van der Waals surface area contributed by atoms with Crippen molar-refractivity contribution < 1.29 is 28.7 Å². The van der Waals surface area contributed by atoms with Crippen molar-refractivity contribution in [1.82, 2.24) is 10.2 Å². The minimum Gasteiger partial charge on any atom is -0.465 e.